The molecule has 0 unspecified atom stereocenters. The van der Waals surface area contributed by atoms with Crippen LogP contribution >= 0.6 is 28.5 Å². The Hall–Kier alpha value is 1.37. The van der Waals surface area contributed by atoms with Crippen molar-refractivity contribution in [1.29, 1.82) is 0 Å². The van der Waals surface area contributed by atoms with Crippen LogP contribution in [-0.4, -0.2) is 20.8 Å². The van der Waals surface area contributed by atoms with Gasteiger partial charge in [0.15, 0.2) is 0 Å². The Bertz CT molecular complexity index is 35.7. The molecule has 0 radical (unpaired) electrons. The van der Waals surface area contributed by atoms with E-state index < -0.39 is 0 Å². The molecule has 0 aromatic carbocycles. The molecule has 0 saturated heterocycles. The van der Waals surface area contributed by atoms with Gasteiger partial charge in [0.2, 0.25) is 0 Å². The zero-order chi connectivity index (χ0) is 7.54. The molecule has 0 bridgehead atoms. The first kappa shape index (κ1) is 13.0. The standard InChI is InChI=1S/C4H9O2.2BrH.Ni/c1-5-3-4-6-2;;;/h3H,4H2,1-2H3;2*1H;/q-1;;;+3/p-2. The molecule has 9 heavy (non-hydrogen) atoms. The van der Waals surface area contributed by atoms with Gasteiger partial charge in [0.05, 0.1) is 0 Å². The molecule has 0 fully saturated rings. The molecule has 0 aromatic heterocycles. The van der Waals surface area contributed by atoms with E-state index in [1.165, 1.54) is 10.9 Å². The molecule has 5 heteroatoms. The average molecular weight is 308 g/mol. The van der Waals surface area contributed by atoms with Gasteiger partial charge in [-0.2, -0.15) is 6.61 Å². The van der Waals surface area contributed by atoms with E-state index in [1.54, 1.807) is 20.8 Å². The molecule has 61 valence electrons. The summed E-state index contributed by atoms with van der Waals surface area (Å²) in [7, 11) is 4.47. The number of halogens is 2. The van der Waals surface area contributed by atoms with Gasteiger partial charge in [-0.1, -0.05) is 6.61 Å². The van der Waals surface area contributed by atoms with Crippen molar-refractivity contribution in [2.75, 3.05) is 20.8 Å². The Morgan fingerprint density at radius 1 is 1.44 bits per heavy atom. The Morgan fingerprint density at radius 2 is 1.89 bits per heavy atom. The van der Waals surface area contributed by atoms with E-state index in [-0.39, 0.29) is 0 Å². The molecule has 0 atom stereocenters. The second-order valence-electron chi connectivity index (χ2n) is 0.903. The van der Waals surface area contributed by atoms with Crippen molar-refractivity contribution in [3.05, 3.63) is 6.61 Å². The Kier molecular flexibility index (Phi) is 23.4. The molecular weight excluding hydrogens is 299 g/mol. The molecule has 0 heterocycles. The van der Waals surface area contributed by atoms with E-state index in [4.69, 9.17) is 0 Å². The van der Waals surface area contributed by atoms with Gasteiger partial charge in [-0.15, -0.1) is 0 Å². The molecule has 2 nitrogen and oxygen atoms in total. The quantitative estimate of drug-likeness (QED) is 0.452. The van der Waals surface area contributed by atoms with Crippen molar-refractivity contribution < 1.29 is 20.4 Å². The predicted molar refractivity (Wildman–Crippen MR) is 41.0 cm³/mol. The molecule has 0 aliphatic heterocycles. The molecule has 0 N–H and O–H groups in total. The summed E-state index contributed by atoms with van der Waals surface area (Å²) in [6.45, 7) is 2.15. The number of hydrogen-bond donors (Lipinski definition) is 0. The summed E-state index contributed by atoms with van der Waals surface area (Å²) in [5.41, 5.74) is 0. The van der Waals surface area contributed by atoms with Gasteiger partial charge >= 0.3 is 39.3 Å². The van der Waals surface area contributed by atoms with Gasteiger partial charge in [-0.3, -0.25) is 0 Å². The van der Waals surface area contributed by atoms with E-state index in [1.807, 2.05) is 0 Å². The van der Waals surface area contributed by atoms with Gasteiger partial charge < -0.3 is 9.47 Å². The number of methoxy groups -OCH3 is 2. The van der Waals surface area contributed by atoms with Crippen LogP contribution in [0.4, 0.5) is 0 Å². The normalized spacial score (nSPS) is 8.44. The summed E-state index contributed by atoms with van der Waals surface area (Å²) in [5, 5.41) is 0. The summed E-state index contributed by atoms with van der Waals surface area (Å²) >= 11 is 6.00. The van der Waals surface area contributed by atoms with Crippen molar-refractivity contribution >= 4 is 28.5 Å². The third-order valence-electron chi connectivity index (χ3n) is 0.401. The van der Waals surface area contributed by atoms with Gasteiger partial charge in [0.1, 0.15) is 0 Å². The maximum atomic E-state index is 4.60. The summed E-state index contributed by atoms with van der Waals surface area (Å²) < 4.78 is 9.13. The van der Waals surface area contributed by atoms with Crippen molar-refractivity contribution in [1.82, 2.24) is 0 Å². The SMILES string of the molecule is CO[CH-]COC.[Br][Ni+][Br]. The van der Waals surface area contributed by atoms with Crippen molar-refractivity contribution in [2.45, 2.75) is 0 Å². The van der Waals surface area contributed by atoms with E-state index in [9.17, 15) is 0 Å². The van der Waals surface area contributed by atoms with Crippen LogP contribution in [0.5, 0.6) is 0 Å². The molecule has 0 amide bonds. The molecular formula is C4H9Br2NiO2. The molecule has 0 aliphatic rings. The van der Waals surface area contributed by atoms with Crippen LogP contribution in [-0.2, 0) is 20.4 Å². The van der Waals surface area contributed by atoms with E-state index >= 15 is 0 Å². The van der Waals surface area contributed by atoms with Crippen LogP contribution in [0, 0.1) is 6.61 Å². The first-order valence-corrected chi connectivity index (χ1v) is 6.87. The number of rotatable bonds is 3. The van der Waals surface area contributed by atoms with E-state index in [0.29, 0.717) is 6.61 Å². The van der Waals surface area contributed by atoms with E-state index in [0.717, 1.165) is 0 Å². The van der Waals surface area contributed by atoms with Gasteiger partial charge in [0, 0.05) is 7.11 Å². The zero-order valence-corrected chi connectivity index (χ0v) is 9.33. The van der Waals surface area contributed by atoms with Crippen molar-refractivity contribution in [3.63, 3.8) is 0 Å². The monoisotopic (exact) mass is 305 g/mol. The molecule has 0 aromatic rings. The summed E-state index contributed by atoms with van der Waals surface area (Å²) in [5.74, 6) is 0. The van der Waals surface area contributed by atoms with Gasteiger partial charge in [-0.25, -0.2) is 0 Å². The van der Waals surface area contributed by atoms with Crippen LogP contribution in [0.25, 0.3) is 0 Å². The zero-order valence-electron chi connectivity index (χ0n) is 5.17. The summed E-state index contributed by atoms with van der Waals surface area (Å²) in [6.07, 6.45) is 0. The van der Waals surface area contributed by atoms with Crippen LogP contribution in [0.2, 0.25) is 0 Å². The molecule has 0 saturated carbocycles. The van der Waals surface area contributed by atoms with Gasteiger partial charge in [0.25, 0.3) is 0 Å². The van der Waals surface area contributed by atoms with E-state index in [2.05, 4.69) is 37.9 Å². The Morgan fingerprint density at radius 3 is 2.00 bits per heavy atom. The van der Waals surface area contributed by atoms with Crippen LogP contribution in [0.1, 0.15) is 0 Å². The van der Waals surface area contributed by atoms with Crippen molar-refractivity contribution in [2.24, 2.45) is 0 Å². The number of ether oxygens (including phenoxy) is 2. The van der Waals surface area contributed by atoms with Crippen molar-refractivity contribution in [3.8, 4) is 0 Å². The van der Waals surface area contributed by atoms with Crippen LogP contribution in [0.3, 0.4) is 0 Å². The van der Waals surface area contributed by atoms with Crippen LogP contribution < -0.4 is 0 Å². The minimum atomic E-state index is 0.566. The molecule has 0 spiro atoms. The summed E-state index contributed by atoms with van der Waals surface area (Å²) in [4.78, 5) is 0. The average Bonchev–Trinajstić information content (AvgIpc) is 1.86. The van der Waals surface area contributed by atoms with Crippen LogP contribution in [0.15, 0.2) is 0 Å². The second-order valence-corrected chi connectivity index (χ2v) is 5.89. The minimum absolute atomic E-state index is 0.566. The third-order valence-corrected chi connectivity index (χ3v) is 0.401. The second kappa shape index (κ2) is 16.2. The fourth-order valence-electron chi connectivity index (χ4n) is 0.136. The fourth-order valence-corrected chi connectivity index (χ4v) is 0.136. The molecule has 0 rings (SSSR count). The predicted octanol–water partition coefficient (Wildman–Crippen LogP) is 2.13. The number of hydrogen-bond acceptors (Lipinski definition) is 2. The first-order valence-electron chi connectivity index (χ1n) is 1.99. The fraction of sp³-hybridized carbons (Fsp3) is 0.750. The Balaban J connectivity index is 0. The van der Waals surface area contributed by atoms with Gasteiger partial charge in [-0.05, 0) is 7.11 Å². The third kappa shape index (κ3) is 26.6. The summed E-state index contributed by atoms with van der Waals surface area (Å²) in [6, 6.07) is 0. The first-order chi connectivity index (χ1) is 4.33. The topological polar surface area (TPSA) is 18.5 Å². The maximum absolute atomic E-state index is 4.60. The molecule has 0 aliphatic carbocycles. The Labute approximate surface area is 76.0 Å².